The molecule has 1 heterocycles. The van der Waals surface area contributed by atoms with Crippen molar-refractivity contribution in [2.24, 2.45) is 5.41 Å². The van der Waals surface area contributed by atoms with Gasteiger partial charge in [-0.2, -0.15) is 0 Å². The Balaban J connectivity index is 1.75. The molecule has 0 aromatic carbocycles. The van der Waals surface area contributed by atoms with E-state index >= 15 is 0 Å². The highest BCUT2D eigenvalue weighted by Gasteiger charge is 2.57. The fourth-order valence-electron chi connectivity index (χ4n) is 7.40. The van der Waals surface area contributed by atoms with Crippen molar-refractivity contribution < 1.29 is 32.3 Å². The summed E-state index contributed by atoms with van der Waals surface area (Å²) in [6.07, 6.45) is 17.2. The molecule has 2 aliphatic carbocycles. The third kappa shape index (κ3) is 12.4. The number of carbonyl (C=O) groups excluding carboxylic acids is 4. The number of likely N-dealkylation sites (N-methyl/N-ethyl adjacent to an activating group) is 1. The lowest BCUT2D eigenvalue weighted by molar-refractivity contribution is -0.150. The van der Waals surface area contributed by atoms with Crippen LogP contribution in [0.3, 0.4) is 0 Å². The normalized spacial score (nSPS) is 23.8. The molecule has 3 rings (SSSR count). The number of Topliss-reactive ketones (excluding diaryl/α,β-unsaturated/α-hetero) is 1. The number of alkyl halides is 1. The first-order chi connectivity index (χ1) is 24.8. The Morgan fingerprint density at radius 1 is 0.865 bits per heavy atom. The first-order valence-corrected chi connectivity index (χ1v) is 22.5. The number of unbranched alkanes of at least 4 members (excludes halogenated alkanes) is 13. The number of rotatable bonds is 27. The van der Waals surface area contributed by atoms with Gasteiger partial charge in [0.05, 0.1) is 10.6 Å². The van der Waals surface area contributed by atoms with Gasteiger partial charge in [0, 0.05) is 38.2 Å². The second kappa shape index (κ2) is 22.0. The number of nitrogens with one attached hydrogen (secondary N) is 1. The standard InChI is InChI=1S/C39H69ClN4O7S/c1-6-9-12-15-17-19-26-43(27-20-18-16-13-10-7-2)52(49,50)30-22-23-31(40)32(29-30)41-35(46)33(34(45)39(4)24-25-39)44-36(47)37(42(5)38(44)48)51-28-21-14-11-8-3/h30-33,37H,6-29H2,1-5H3,(H,41,46). The lowest BCUT2D eigenvalue weighted by Gasteiger charge is -2.37. The van der Waals surface area contributed by atoms with Gasteiger partial charge >= 0.3 is 6.03 Å². The fourth-order valence-corrected chi connectivity index (χ4v) is 9.77. The number of urea groups is 1. The van der Waals surface area contributed by atoms with Crippen molar-refractivity contribution in [1.29, 1.82) is 0 Å². The molecule has 1 N–H and O–H groups in total. The number of imide groups is 1. The van der Waals surface area contributed by atoms with Crippen molar-refractivity contribution in [3.8, 4) is 0 Å². The Morgan fingerprint density at radius 2 is 1.38 bits per heavy atom. The maximum Gasteiger partial charge on any atom is 0.330 e. The van der Waals surface area contributed by atoms with Crippen LogP contribution in [0.2, 0.25) is 0 Å². The van der Waals surface area contributed by atoms with E-state index < -0.39 is 68.0 Å². The lowest BCUT2D eigenvalue weighted by atomic mass is 9.92. The quantitative estimate of drug-likeness (QED) is 0.0395. The van der Waals surface area contributed by atoms with Gasteiger partial charge in [-0.05, 0) is 51.4 Å². The maximum atomic E-state index is 14.2. The molecular weight excluding hydrogens is 704 g/mol. The molecule has 0 aromatic heterocycles. The van der Waals surface area contributed by atoms with E-state index in [1.807, 2.05) is 0 Å². The molecule has 4 amide bonds. The average molecular weight is 774 g/mol. The second-order valence-electron chi connectivity index (χ2n) is 15.8. The van der Waals surface area contributed by atoms with Crippen molar-refractivity contribution in [2.75, 3.05) is 26.7 Å². The minimum atomic E-state index is -3.71. The number of sulfonamides is 1. The summed E-state index contributed by atoms with van der Waals surface area (Å²) in [5.74, 6) is -2.05. The predicted octanol–water partition coefficient (Wildman–Crippen LogP) is 7.54. The van der Waals surface area contributed by atoms with Crippen LogP contribution in [0.25, 0.3) is 0 Å². The molecule has 5 atom stereocenters. The summed E-state index contributed by atoms with van der Waals surface area (Å²) in [7, 11) is -2.28. The third-order valence-corrected chi connectivity index (χ3v) is 14.2. The van der Waals surface area contributed by atoms with Gasteiger partial charge in [-0.25, -0.2) is 22.4 Å². The highest BCUT2D eigenvalue weighted by molar-refractivity contribution is 7.89. The molecule has 0 bridgehead atoms. The molecule has 5 unspecified atom stereocenters. The summed E-state index contributed by atoms with van der Waals surface area (Å²) < 4.78 is 36.0. The Morgan fingerprint density at radius 3 is 1.92 bits per heavy atom. The van der Waals surface area contributed by atoms with Crippen molar-refractivity contribution in [1.82, 2.24) is 19.4 Å². The number of halogens is 1. The van der Waals surface area contributed by atoms with Crippen LogP contribution in [0, 0.1) is 5.41 Å². The molecule has 1 aliphatic heterocycles. The smallest absolute Gasteiger partial charge is 0.330 e. The zero-order valence-electron chi connectivity index (χ0n) is 32.8. The molecule has 3 fully saturated rings. The number of ether oxygens (including phenoxy) is 1. The molecule has 0 radical (unpaired) electrons. The third-order valence-electron chi connectivity index (χ3n) is 11.3. The highest BCUT2D eigenvalue weighted by Crippen LogP contribution is 2.47. The van der Waals surface area contributed by atoms with Crippen LogP contribution in [0.1, 0.15) is 163 Å². The summed E-state index contributed by atoms with van der Waals surface area (Å²) in [5.41, 5.74) is -0.827. The second-order valence-corrected chi connectivity index (χ2v) is 18.5. The fraction of sp³-hybridized carbons (Fsp3) is 0.897. The lowest BCUT2D eigenvalue weighted by Crippen LogP contribution is -2.59. The molecule has 13 heteroatoms. The van der Waals surface area contributed by atoms with Crippen molar-refractivity contribution in [3.05, 3.63) is 0 Å². The first-order valence-electron chi connectivity index (χ1n) is 20.5. The van der Waals surface area contributed by atoms with Gasteiger partial charge in [0.2, 0.25) is 16.3 Å². The van der Waals surface area contributed by atoms with Crippen LogP contribution in [0.15, 0.2) is 0 Å². The Bertz CT molecular complexity index is 1250. The van der Waals surface area contributed by atoms with Crippen LogP contribution >= 0.6 is 11.6 Å². The molecular formula is C39H69ClN4O7S. The number of hydrogen-bond acceptors (Lipinski definition) is 7. The first kappa shape index (κ1) is 44.6. The minimum Gasteiger partial charge on any atom is -0.350 e. The molecule has 1 saturated heterocycles. The van der Waals surface area contributed by atoms with Crippen LogP contribution in [0.4, 0.5) is 4.79 Å². The molecule has 3 aliphatic rings. The van der Waals surface area contributed by atoms with E-state index in [2.05, 4.69) is 26.1 Å². The van der Waals surface area contributed by atoms with Gasteiger partial charge in [-0.1, -0.05) is 111 Å². The SMILES string of the molecule is CCCCCCCCN(CCCCCCCC)S(=O)(=O)C1CCC(Cl)C(NC(=O)C(C(=O)C2(C)CC2)N2C(=O)C(OCCCCCC)N(C)C2=O)C1. The molecule has 11 nitrogen and oxygen atoms in total. The summed E-state index contributed by atoms with van der Waals surface area (Å²) >= 11 is 6.77. The van der Waals surface area contributed by atoms with E-state index in [4.69, 9.17) is 16.3 Å². The summed E-state index contributed by atoms with van der Waals surface area (Å²) in [5, 5.41) is 1.56. The van der Waals surface area contributed by atoms with Gasteiger partial charge in [-0.15, -0.1) is 11.6 Å². The predicted molar refractivity (Wildman–Crippen MR) is 206 cm³/mol. The summed E-state index contributed by atoms with van der Waals surface area (Å²) in [6, 6.07) is -3.22. The van der Waals surface area contributed by atoms with Crippen molar-refractivity contribution in [3.63, 3.8) is 0 Å². The number of amides is 4. The summed E-state index contributed by atoms with van der Waals surface area (Å²) in [4.78, 5) is 57.1. The molecule has 2 saturated carbocycles. The van der Waals surface area contributed by atoms with E-state index in [9.17, 15) is 27.6 Å². The zero-order chi connectivity index (χ0) is 38.3. The summed E-state index contributed by atoms with van der Waals surface area (Å²) in [6.45, 7) is 9.41. The van der Waals surface area contributed by atoms with Crippen LogP contribution in [0.5, 0.6) is 0 Å². The van der Waals surface area contributed by atoms with E-state index in [-0.39, 0.29) is 13.0 Å². The van der Waals surface area contributed by atoms with Gasteiger partial charge < -0.3 is 10.1 Å². The molecule has 0 aromatic rings. The van der Waals surface area contributed by atoms with E-state index in [0.29, 0.717) is 38.8 Å². The Labute approximate surface area is 319 Å². The van der Waals surface area contributed by atoms with E-state index in [0.717, 1.165) is 99.7 Å². The van der Waals surface area contributed by atoms with Gasteiger partial charge in [-0.3, -0.25) is 19.3 Å². The maximum absolute atomic E-state index is 14.2. The number of nitrogens with zero attached hydrogens (tertiary/aromatic N) is 3. The van der Waals surface area contributed by atoms with E-state index in [1.165, 1.54) is 19.9 Å². The van der Waals surface area contributed by atoms with Gasteiger partial charge in [0.1, 0.15) is 0 Å². The molecule has 52 heavy (non-hydrogen) atoms. The monoisotopic (exact) mass is 772 g/mol. The molecule has 0 spiro atoms. The zero-order valence-corrected chi connectivity index (χ0v) is 34.4. The topological polar surface area (TPSA) is 133 Å². The minimum absolute atomic E-state index is 0.0925. The highest BCUT2D eigenvalue weighted by atomic mass is 35.5. The Kier molecular flexibility index (Phi) is 18.8. The van der Waals surface area contributed by atoms with Crippen molar-refractivity contribution >= 4 is 45.3 Å². The van der Waals surface area contributed by atoms with Crippen molar-refractivity contribution in [2.45, 2.75) is 191 Å². The largest absolute Gasteiger partial charge is 0.350 e. The van der Waals surface area contributed by atoms with E-state index in [1.54, 1.807) is 11.2 Å². The Hall–Kier alpha value is -1.76. The van der Waals surface area contributed by atoms with Gasteiger partial charge in [0.25, 0.3) is 11.8 Å². The van der Waals surface area contributed by atoms with Crippen LogP contribution in [-0.4, -0.2) is 102 Å². The average Bonchev–Trinajstić information content (AvgIpc) is 3.84. The number of hydrogen-bond donors (Lipinski definition) is 1. The molecule has 300 valence electrons. The number of carbonyl (C=O) groups is 4. The van der Waals surface area contributed by atoms with Crippen LogP contribution in [-0.2, 0) is 29.1 Å². The van der Waals surface area contributed by atoms with Crippen LogP contribution < -0.4 is 5.32 Å². The number of ketones is 1. The van der Waals surface area contributed by atoms with Gasteiger partial charge in [0.15, 0.2) is 11.8 Å².